The van der Waals surface area contributed by atoms with Crippen molar-refractivity contribution in [3.63, 3.8) is 0 Å². The van der Waals surface area contributed by atoms with Gasteiger partial charge in [-0.2, -0.15) is 0 Å². The van der Waals surface area contributed by atoms with E-state index in [1.165, 1.54) is 51.5 Å². The Bertz CT molecular complexity index is 962. The van der Waals surface area contributed by atoms with Crippen LogP contribution in [0.5, 0.6) is 11.5 Å². The second-order valence-corrected chi connectivity index (χ2v) is 8.65. The van der Waals surface area contributed by atoms with E-state index < -0.39 is 22.0 Å². The van der Waals surface area contributed by atoms with E-state index in [2.05, 4.69) is 5.32 Å². The molecule has 10 heteroatoms. The number of hydrogen-bond donors (Lipinski definition) is 1. The highest BCUT2D eigenvalue weighted by Gasteiger charge is 2.30. The van der Waals surface area contributed by atoms with Crippen LogP contribution in [-0.2, 0) is 14.8 Å². The van der Waals surface area contributed by atoms with Crippen LogP contribution in [0.4, 0.5) is 11.4 Å². The molecule has 7 nitrogen and oxygen atoms in total. The topological polar surface area (TPSA) is 84.9 Å². The summed E-state index contributed by atoms with van der Waals surface area (Å²) in [4.78, 5) is 12.7. The Balaban J connectivity index is 2.38. The van der Waals surface area contributed by atoms with Gasteiger partial charge in [0.05, 0.1) is 26.2 Å². The first kappa shape index (κ1) is 22.1. The maximum absolute atomic E-state index is 12.7. The van der Waals surface area contributed by atoms with E-state index in [1.54, 1.807) is 6.07 Å². The molecule has 0 fully saturated rings. The lowest BCUT2D eigenvalue weighted by Gasteiger charge is -2.28. The number of benzene rings is 2. The Kier molecular flexibility index (Phi) is 7.03. The number of anilines is 2. The third-order valence-corrected chi connectivity index (χ3v) is 5.52. The average Bonchev–Trinajstić information content (AvgIpc) is 2.59. The molecule has 2 aromatic carbocycles. The van der Waals surface area contributed by atoms with Crippen LogP contribution < -0.4 is 19.1 Å². The first-order valence-electron chi connectivity index (χ1n) is 8.05. The van der Waals surface area contributed by atoms with Gasteiger partial charge in [-0.1, -0.05) is 23.2 Å². The molecule has 0 aliphatic heterocycles. The Morgan fingerprint density at radius 3 is 2.11 bits per heavy atom. The fraction of sp³-hybridized carbons (Fsp3) is 0.278. The zero-order valence-electron chi connectivity index (χ0n) is 15.7. The normalized spacial score (nSPS) is 12.2. The molecule has 0 saturated heterocycles. The van der Waals surface area contributed by atoms with Crippen LogP contribution in [-0.4, -0.2) is 40.8 Å². The monoisotopic (exact) mass is 446 g/mol. The number of hydrogen-bond acceptors (Lipinski definition) is 5. The molecule has 1 N–H and O–H groups in total. The molecule has 0 radical (unpaired) electrons. The third-order valence-electron chi connectivity index (χ3n) is 3.84. The van der Waals surface area contributed by atoms with E-state index in [1.807, 2.05) is 0 Å². The van der Waals surface area contributed by atoms with Crippen LogP contribution in [0.2, 0.25) is 10.0 Å². The molecular weight excluding hydrogens is 427 g/mol. The minimum absolute atomic E-state index is 0.256. The molecule has 0 aliphatic rings. The minimum atomic E-state index is -3.79. The highest BCUT2D eigenvalue weighted by Crippen LogP contribution is 2.33. The van der Waals surface area contributed by atoms with Crippen molar-refractivity contribution < 1.29 is 22.7 Å². The van der Waals surface area contributed by atoms with E-state index in [9.17, 15) is 13.2 Å². The summed E-state index contributed by atoms with van der Waals surface area (Å²) < 4.78 is 36.2. The van der Waals surface area contributed by atoms with Gasteiger partial charge in [0.2, 0.25) is 15.9 Å². The average molecular weight is 447 g/mol. The summed E-state index contributed by atoms with van der Waals surface area (Å²) in [6, 6.07) is 8.06. The molecule has 0 spiro atoms. The van der Waals surface area contributed by atoms with Crippen molar-refractivity contribution in [2.45, 2.75) is 13.0 Å². The summed E-state index contributed by atoms with van der Waals surface area (Å²) in [6.07, 6.45) is 1.02. The first-order valence-corrected chi connectivity index (χ1v) is 10.7. The fourth-order valence-corrected chi connectivity index (χ4v) is 4.34. The van der Waals surface area contributed by atoms with Gasteiger partial charge in [-0.15, -0.1) is 0 Å². The molecule has 0 bridgehead atoms. The molecule has 28 heavy (non-hydrogen) atoms. The van der Waals surface area contributed by atoms with Crippen molar-refractivity contribution in [2.75, 3.05) is 30.1 Å². The first-order chi connectivity index (χ1) is 13.1. The summed E-state index contributed by atoms with van der Waals surface area (Å²) in [7, 11) is -0.885. The van der Waals surface area contributed by atoms with Crippen LogP contribution in [0.15, 0.2) is 36.4 Å². The Morgan fingerprint density at radius 2 is 1.61 bits per heavy atom. The number of methoxy groups -OCH3 is 2. The standard InChI is InChI=1S/C18H20Cl2N2O5S/c1-11(18(23)21-14-8-12(19)7-13(20)9-14)22(28(4,24)25)15-5-6-16(26-2)17(10-15)27-3/h5-11H,1-4H3,(H,21,23)/t11-/m1/s1. The highest BCUT2D eigenvalue weighted by atomic mass is 35.5. The number of amides is 1. The second-order valence-electron chi connectivity index (χ2n) is 5.92. The summed E-state index contributed by atoms with van der Waals surface area (Å²) >= 11 is 11.9. The Morgan fingerprint density at radius 1 is 1.04 bits per heavy atom. The highest BCUT2D eigenvalue weighted by molar-refractivity contribution is 7.92. The molecular formula is C18H20Cl2N2O5S. The van der Waals surface area contributed by atoms with Crippen molar-refractivity contribution >= 4 is 50.5 Å². The summed E-state index contributed by atoms with van der Waals surface area (Å²) in [5.41, 5.74) is 0.613. The number of halogens is 2. The molecule has 0 aromatic heterocycles. The zero-order valence-corrected chi connectivity index (χ0v) is 18.0. The molecule has 1 amide bonds. The van der Waals surface area contributed by atoms with E-state index in [0.29, 0.717) is 27.2 Å². The van der Waals surface area contributed by atoms with Crippen LogP contribution in [0, 0.1) is 0 Å². The van der Waals surface area contributed by atoms with Crippen molar-refractivity contribution in [1.29, 1.82) is 0 Å². The molecule has 2 rings (SSSR count). The van der Waals surface area contributed by atoms with E-state index in [4.69, 9.17) is 32.7 Å². The largest absolute Gasteiger partial charge is 0.493 e. The second kappa shape index (κ2) is 8.89. The van der Waals surface area contributed by atoms with Gasteiger partial charge >= 0.3 is 0 Å². The molecule has 2 aromatic rings. The van der Waals surface area contributed by atoms with Crippen molar-refractivity contribution in [3.05, 3.63) is 46.4 Å². The van der Waals surface area contributed by atoms with Gasteiger partial charge in [-0.3, -0.25) is 9.10 Å². The Labute approximate surface area is 174 Å². The number of sulfonamides is 1. The SMILES string of the molecule is COc1ccc(N([C@H](C)C(=O)Nc2cc(Cl)cc(Cl)c2)S(C)(=O)=O)cc1OC. The number of nitrogens with zero attached hydrogens (tertiary/aromatic N) is 1. The summed E-state index contributed by atoms with van der Waals surface area (Å²) in [6.45, 7) is 1.47. The van der Waals surface area contributed by atoms with Gasteiger partial charge < -0.3 is 14.8 Å². The molecule has 0 saturated carbocycles. The smallest absolute Gasteiger partial charge is 0.247 e. The van der Waals surface area contributed by atoms with Crippen molar-refractivity contribution in [2.24, 2.45) is 0 Å². The van der Waals surface area contributed by atoms with Gasteiger partial charge in [-0.05, 0) is 37.3 Å². The lowest BCUT2D eigenvalue weighted by atomic mass is 10.2. The number of ether oxygens (including phenoxy) is 2. The van der Waals surface area contributed by atoms with Crippen molar-refractivity contribution in [1.82, 2.24) is 0 Å². The number of nitrogens with one attached hydrogen (secondary N) is 1. The Hall–Kier alpha value is -2.16. The van der Waals surface area contributed by atoms with E-state index >= 15 is 0 Å². The molecule has 152 valence electrons. The number of carbonyl (C=O) groups is 1. The predicted molar refractivity (Wildman–Crippen MR) is 111 cm³/mol. The van der Waals surface area contributed by atoms with Crippen LogP contribution >= 0.6 is 23.2 Å². The van der Waals surface area contributed by atoms with E-state index in [-0.39, 0.29) is 5.69 Å². The van der Waals surface area contributed by atoms with Crippen LogP contribution in [0.3, 0.4) is 0 Å². The molecule has 0 heterocycles. The molecule has 0 aliphatic carbocycles. The minimum Gasteiger partial charge on any atom is -0.493 e. The third kappa shape index (κ3) is 5.21. The van der Waals surface area contributed by atoms with Gasteiger partial charge in [0.15, 0.2) is 11.5 Å². The zero-order chi connectivity index (χ0) is 21.1. The predicted octanol–water partition coefficient (Wildman–Crippen LogP) is 3.80. The molecule has 0 unspecified atom stereocenters. The number of carbonyl (C=O) groups excluding carboxylic acids is 1. The van der Waals surface area contributed by atoms with Gasteiger partial charge in [-0.25, -0.2) is 8.42 Å². The van der Waals surface area contributed by atoms with Gasteiger partial charge in [0.25, 0.3) is 0 Å². The summed E-state index contributed by atoms with van der Waals surface area (Å²) in [5, 5.41) is 3.31. The lowest BCUT2D eigenvalue weighted by molar-refractivity contribution is -0.116. The fourth-order valence-electron chi connectivity index (χ4n) is 2.64. The van der Waals surface area contributed by atoms with Crippen LogP contribution in [0.1, 0.15) is 6.92 Å². The van der Waals surface area contributed by atoms with Crippen molar-refractivity contribution in [3.8, 4) is 11.5 Å². The van der Waals surface area contributed by atoms with Gasteiger partial charge in [0, 0.05) is 21.8 Å². The maximum Gasteiger partial charge on any atom is 0.247 e. The quantitative estimate of drug-likeness (QED) is 0.698. The maximum atomic E-state index is 12.7. The van der Waals surface area contributed by atoms with Crippen LogP contribution in [0.25, 0.3) is 0 Å². The van der Waals surface area contributed by atoms with Gasteiger partial charge in [0.1, 0.15) is 6.04 Å². The lowest BCUT2D eigenvalue weighted by Crippen LogP contribution is -2.45. The van der Waals surface area contributed by atoms with E-state index in [0.717, 1.165) is 10.6 Å². The molecule has 1 atom stereocenters. The summed E-state index contributed by atoms with van der Waals surface area (Å²) in [5.74, 6) is 0.215. The number of rotatable bonds is 7.